The first-order valence-corrected chi connectivity index (χ1v) is 6.82. The van der Waals surface area contributed by atoms with E-state index in [0.29, 0.717) is 6.54 Å². The largest absolute Gasteiger partial charge is 0.454 e. The lowest BCUT2D eigenvalue weighted by molar-refractivity contribution is -0.124. The molecule has 0 radical (unpaired) electrons. The van der Waals surface area contributed by atoms with Crippen LogP contribution in [0.25, 0.3) is 0 Å². The fourth-order valence-electron chi connectivity index (χ4n) is 2.81. The van der Waals surface area contributed by atoms with Crippen LogP contribution in [-0.2, 0) is 4.79 Å². The van der Waals surface area contributed by atoms with Crippen molar-refractivity contribution in [1.82, 2.24) is 10.2 Å². The van der Waals surface area contributed by atoms with E-state index in [2.05, 4.69) is 17.1 Å². The van der Waals surface area contributed by atoms with Gasteiger partial charge in [0.1, 0.15) is 6.04 Å². The number of carbonyl (C=O) groups excluding carboxylic acids is 1. The van der Waals surface area contributed by atoms with Gasteiger partial charge in [0.05, 0.1) is 0 Å². The Morgan fingerprint density at radius 3 is 3.05 bits per heavy atom. The van der Waals surface area contributed by atoms with Gasteiger partial charge in [0, 0.05) is 25.7 Å². The molecule has 0 saturated carbocycles. The average Bonchev–Trinajstić information content (AvgIpc) is 2.93. The van der Waals surface area contributed by atoms with Crippen molar-refractivity contribution in [3.8, 4) is 11.5 Å². The van der Waals surface area contributed by atoms with Crippen molar-refractivity contribution in [3.05, 3.63) is 23.8 Å². The van der Waals surface area contributed by atoms with Gasteiger partial charge in [-0.05, 0) is 24.6 Å². The molecule has 2 aliphatic rings. The number of nitrogens with one attached hydrogen (secondary N) is 1. The molecule has 1 saturated heterocycles. The molecular formula is C14H19N3O3. The number of ether oxygens (including phenoxy) is 2. The van der Waals surface area contributed by atoms with Gasteiger partial charge in [-0.1, -0.05) is 6.07 Å². The molecule has 1 amide bonds. The monoisotopic (exact) mass is 277 g/mol. The van der Waals surface area contributed by atoms with Crippen LogP contribution in [0.2, 0.25) is 0 Å². The number of nitrogens with zero attached hydrogens (tertiary/aromatic N) is 1. The molecule has 3 rings (SSSR count). The van der Waals surface area contributed by atoms with Crippen molar-refractivity contribution < 1.29 is 14.3 Å². The maximum absolute atomic E-state index is 11.6. The number of carbonyl (C=O) groups is 1. The molecular weight excluding hydrogens is 258 g/mol. The maximum atomic E-state index is 11.6. The molecule has 2 heterocycles. The number of amides is 1. The minimum absolute atomic E-state index is 0.101. The zero-order valence-corrected chi connectivity index (χ0v) is 11.5. The Balaban J connectivity index is 1.83. The van der Waals surface area contributed by atoms with Gasteiger partial charge in [0.15, 0.2) is 11.5 Å². The van der Waals surface area contributed by atoms with Gasteiger partial charge in [-0.25, -0.2) is 0 Å². The van der Waals surface area contributed by atoms with Crippen molar-refractivity contribution in [3.63, 3.8) is 0 Å². The second-order valence-corrected chi connectivity index (χ2v) is 5.15. The predicted octanol–water partition coefficient (Wildman–Crippen LogP) is 0.235. The van der Waals surface area contributed by atoms with Crippen LogP contribution in [0.1, 0.15) is 18.5 Å². The molecule has 3 N–H and O–H groups in total. The van der Waals surface area contributed by atoms with Crippen LogP contribution >= 0.6 is 0 Å². The normalized spacial score (nSPS) is 23.6. The highest BCUT2D eigenvalue weighted by molar-refractivity contribution is 5.80. The molecule has 1 fully saturated rings. The van der Waals surface area contributed by atoms with Gasteiger partial charge in [-0.3, -0.25) is 9.69 Å². The predicted molar refractivity (Wildman–Crippen MR) is 73.5 cm³/mol. The second kappa shape index (κ2) is 5.30. The Hall–Kier alpha value is -1.79. The van der Waals surface area contributed by atoms with Gasteiger partial charge in [-0.15, -0.1) is 0 Å². The number of primary amides is 1. The third kappa shape index (κ3) is 2.32. The van der Waals surface area contributed by atoms with Crippen LogP contribution in [0.3, 0.4) is 0 Å². The maximum Gasteiger partial charge on any atom is 0.236 e. The van der Waals surface area contributed by atoms with Crippen molar-refractivity contribution >= 4 is 5.91 Å². The molecule has 2 aliphatic heterocycles. The Morgan fingerprint density at radius 2 is 2.25 bits per heavy atom. The summed E-state index contributed by atoms with van der Waals surface area (Å²) >= 11 is 0. The molecule has 0 aromatic heterocycles. The Morgan fingerprint density at radius 1 is 1.45 bits per heavy atom. The smallest absolute Gasteiger partial charge is 0.236 e. The number of hydrogen-bond acceptors (Lipinski definition) is 5. The lowest BCUT2D eigenvalue weighted by Crippen LogP contribution is -2.57. The zero-order chi connectivity index (χ0) is 14.1. The Bertz CT molecular complexity index is 520. The van der Waals surface area contributed by atoms with Crippen molar-refractivity contribution in [2.24, 2.45) is 5.73 Å². The molecule has 2 unspecified atom stereocenters. The lowest BCUT2D eigenvalue weighted by Gasteiger charge is -2.38. The fraction of sp³-hybridized carbons (Fsp3) is 0.500. The number of rotatable bonds is 3. The number of hydrogen-bond donors (Lipinski definition) is 2. The lowest BCUT2D eigenvalue weighted by atomic mass is 10.0. The van der Waals surface area contributed by atoms with Gasteiger partial charge in [0.2, 0.25) is 12.7 Å². The summed E-state index contributed by atoms with van der Waals surface area (Å²) in [6.07, 6.45) is 0. The van der Waals surface area contributed by atoms with E-state index in [-0.39, 0.29) is 24.8 Å². The molecule has 0 aliphatic carbocycles. The highest BCUT2D eigenvalue weighted by Crippen LogP contribution is 2.35. The second-order valence-electron chi connectivity index (χ2n) is 5.15. The SMILES string of the molecule is CC(c1ccc2c(c1)OCO2)N1CCNCC1C(N)=O. The number of benzene rings is 1. The van der Waals surface area contributed by atoms with E-state index in [4.69, 9.17) is 15.2 Å². The third-order valence-electron chi connectivity index (χ3n) is 3.99. The molecule has 0 bridgehead atoms. The summed E-state index contributed by atoms with van der Waals surface area (Å²) in [7, 11) is 0. The first-order valence-electron chi connectivity index (χ1n) is 6.82. The summed E-state index contributed by atoms with van der Waals surface area (Å²) in [6.45, 7) is 4.61. The van der Waals surface area contributed by atoms with Crippen LogP contribution in [-0.4, -0.2) is 43.3 Å². The molecule has 2 atom stereocenters. The zero-order valence-electron chi connectivity index (χ0n) is 11.5. The van der Waals surface area contributed by atoms with E-state index in [1.54, 1.807) is 0 Å². The van der Waals surface area contributed by atoms with Crippen LogP contribution in [0.15, 0.2) is 18.2 Å². The van der Waals surface area contributed by atoms with Gasteiger partial charge >= 0.3 is 0 Å². The molecule has 6 nitrogen and oxygen atoms in total. The van der Waals surface area contributed by atoms with E-state index in [1.165, 1.54) is 0 Å². The van der Waals surface area contributed by atoms with Gasteiger partial charge < -0.3 is 20.5 Å². The van der Waals surface area contributed by atoms with E-state index >= 15 is 0 Å². The fourth-order valence-corrected chi connectivity index (χ4v) is 2.81. The minimum Gasteiger partial charge on any atom is -0.454 e. The molecule has 108 valence electrons. The summed E-state index contributed by atoms with van der Waals surface area (Å²) in [5.74, 6) is 1.25. The van der Waals surface area contributed by atoms with Crippen LogP contribution in [0, 0.1) is 0 Å². The highest BCUT2D eigenvalue weighted by atomic mass is 16.7. The summed E-state index contributed by atoms with van der Waals surface area (Å²) in [6, 6.07) is 5.73. The number of piperazine rings is 1. The topological polar surface area (TPSA) is 76.8 Å². The summed E-state index contributed by atoms with van der Waals surface area (Å²) < 4.78 is 10.7. The first kappa shape index (κ1) is 13.2. The molecule has 0 spiro atoms. The molecule has 1 aromatic carbocycles. The molecule has 1 aromatic rings. The van der Waals surface area contributed by atoms with Crippen molar-refractivity contribution in [1.29, 1.82) is 0 Å². The van der Waals surface area contributed by atoms with E-state index in [0.717, 1.165) is 30.2 Å². The summed E-state index contributed by atoms with van der Waals surface area (Å²) in [4.78, 5) is 13.7. The van der Waals surface area contributed by atoms with Crippen LogP contribution < -0.4 is 20.5 Å². The van der Waals surface area contributed by atoms with E-state index < -0.39 is 0 Å². The quantitative estimate of drug-likeness (QED) is 0.827. The first-order chi connectivity index (χ1) is 9.66. The molecule has 6 heteroatoms. The van der Waals surface area contributed by atoms with Gasteiger partial charge in [-0.2, -0.15) is 0 Å². The van der Waals surface area contributed by atoms with Crippen LogP contribution in [0.4, 0.5) is 0 Å². The van der Waals surface area contributed by atoms with E-state index in [9.17, 15) is 4.79 Å². The minimum atomic E-state index is -0.287. The highest BCUT2D eigenvalue weighted by Gasteiger charge is 2.31. The summed E-state index contributed by atoms with van der Waals surface area (Å²) in [5, 5.41) is 3.21. The Kier molecular flexibility index (Phi) is 3.50. The summed E-state index contributed by atoms with van der Waals surface area (Å²) in [5.41, 5.74) is 6.60. The van der Waals surface area contributed by atoms with E-state index in [1.807, 2.05) is 18.2 Å². The average molecular weight is 277 g/mol. The van der Waals surface area contributed by atoms with Crippen LogP contribution in [0.5, 0.6) is 11.5 Å². The Labute approximate surface area is 117 Å². The third-order valence-corrected chi connectivity index (χ3v) is 3.99. The number of nitrogens with two attached hydrogens (primary N) is 1. The van der Waals surface area contributed by atoms with Crippen molar-refractivity contribution in [2.45, 2.75) is 19.0 Å². The standard InChI is InChI=1S/C14H19N3O3/c1-9(17-5-4-16-7-11(17)14(15)18)10-2-3-12-13(6-10)20-8-19-12/h2-3,6,9,11,16H,4-5,7-8H2,1H3,(H2,15,18). The van der Waals surface area contributed by atoms with Crippen molar-refractivity contribution in [2.75, 3.05) is 26.4 Å². The van der Waals surface area contributed by atoms with Gasteiger partial charge in [0.25, 0.3) is 0 Å². The molecule has 20 heavy (non-hydrogen) atoms. The number of fused-ring (bicyclic) bond motifs is 1.